The van der Waals surface area contributed by atoms with Crippen LogP contribution in [0.3, 0.4) is 0 Å². The van der Waals surface area contributed by atoms with Crippen LogP contribution in [0.5, 0.6) is 0 Å². The Morgan fingerprint density at radius 1 is 1.21 bits per heavy atom. The van der Waals surface area contributed by atoms with E-state index in [1.54, 1.807) is 0 Å². The van der Waals surface area contributed by atoms with Crippen molar-refractivity contribution >= 4 is 5.97 Å². The monoisotopic (exact) mass is 188 g/mol. The number of benzene rings is 1. The van der Waals surface area contributed by atoms with Gasteiger partial charge in [-0.2, -0.15) is 0 Å². The molecule has 0 N–H and O–H groups in total. The molecule has 1 heterocycles. The van der Waals surface area contributed by atoms with E-state index in [1.165, 1.54) is 11.6 Å². The van der Waals surface area contributed by atoms with Crippen molar-refractivity contribution in [2.45, 2.75) is 18.9 Å². The second-order valence-electron chi connectivity index (χ2n) is 3.36. The molecule has 1 aliphatic rings. The Morgan fingerprint density at radius 3 is 2.64 bits per heavy atom. The minimum absolute atomic E-state index is 0.0253. The molecule has 1 aromatic carbocycles. The third-order valence-electron chi connectivity index (χ3n) is 2.27. The van der Waals surface area contributed by atoms with E-state index in [9.17, 15) is 4.79 Å². The first-order chi connectivity index (χ1) is 6.84. The molecule has 1 aromatic rings. The van der Waals surface area contributed by atoms with Gasteiger partial charge in [0.2, 0.25) is 0 Å². The molecule has 0 radical (unpaired) electrons. The summed E-state index contributed by atoms with van der Waals surface area (Å²) in [6, 6.07) is 10.2. The van der Waals surface area contributed by atoms with Crippen molar-refractivity contribution in [1.82, 2.24) is 0 Å². The summed E-state index contributed by atoms with van der Waals surface area (Å²) < 4.78 is 5.03. The highest BCUT2D eigenvalue weighted by molar-refractivity contribution is 5.84. The SMILES string of the molecule is O=C1C=CC(CCc2ccccc2)O1. The maximum atomic E-state index is 10.8. The van der Waals surface area contributed by atoms with Gasteiger partial charge in [-0.3, -0.25) is 0 Å². The lowest BCUT2D eigenvalue weighted by Gasteiger charge is -2.07. The van der Waals surface area contributed by atoms with Gasteiger partial charge < -0.3 is 4.74 Å². The van der Waals surface area contributed by atoms with Crippen molar-refractivity contribution in [3.63, 3.8) is 0 Å². The molecule has 1 unspecified atom stereocenters. The summed E-state index contributed by atoms with van der Waals surface area (Å²) in [4.78, 5) is 10.8. The molecule has 1 aliphatic heterocycles. The number of carbonyl (C=O) groups is 1. The Kier molecular flexibility index (Phi) is 2.63. The zero-order chi connectivity index (χ0) is 9.80. The minimum atomic E-state index is -0.219. The average Bonchev–Trinajstić information content (AvgIpc) is 2.63. The zero-order valence-electron chi connectivity index (χ0n) is 7.85. The second kappa shape index (κ2) is 4.09. The van der Waals surface area contributed by atoms with Crippen LogP contribution in [0.15, 0.2) is 42.5 Å². The number of hydrogen-bond acceptors (Lipinski definition) is 2. The molecule has 0 fully saturated rings. The fourth-order valence-corrected chi connectivity index (χ4v) is 1.52. The summed E-state index contributed by atoms with van der Waals surface area (Å²) in [5.74, 6) is -0.219. The largest absolute Gasteiger partial charge is 0.455 e. The maximum Gasteiger partial charge on any atom is 0.331 e. The summed E-state index contributed by atoms with van der Waals surface area (Å²) in [6.45, 7) is 0. The highest BCUT2D eigenvalue weighted by Crippen LogP contribution is 2.12. The molecule has 0 amide bonds. The van der Waals surface area contributed by atoms with Crippen LogP contribution in [0, 0.1) is 0 Å². The Labute approximate surface area is 83.2 Å². The number of hydrogen-bond donors (Lipinski definition) is 0. The molecule has 1 atom stereocenters. The molecule has 0 spiro atoms. The van der Waals surface area contributed by atoms with E-state index in [2.05, 4.69) is 12.1 Å². The highest BCUT2D eigenvalue weighted by Gasteiger charge is 2.15. The zero-order valence-corrected chi connectivity index (χ0v) is 7.85. The third kappa shape index (κ3) is 2.22. The second-order valence-corrected chi connectivity index (χ2v) is 3.36. The van der Waals surface area contributed by atoms with Crippen LogP contribution in [0.2, 0.25) is 0 Å². The molecule has 0 aliphatic carbocycles. The lowest BCUT2D eigenvalue weighted by Crippen LogP contribution is -2.08. The quantitative estimate of drug-likeness (QED) is 0.679. The van der Waals surface area contributed by atoms with Crippen molar-refractivity contribution in [3.05, 3.63) is 48.0 Å². The number of rotatable bonds is 3. The van der Waals surface area contributed by atoms with Gasteiger partial charge in [-0.05, 0) is 24.5 Å². The van der Waals surface area contributed by atoms with Crippen LogP contribution in [-0.4, -0.2) is 12.1 Å². The lowest BCUT2D eigenvalue weighted by molar-refractivity contribution is -0.138. The first-order valence-electron chi connectivity index (χ1n) is 4.77. The Bertz CT molecular complexity index is 341. The van der Waals surface area contributed by atoms with Crippen LogP contribution in [0.25, 0.3) is 0 Å². The van der Waals surface area contributed by atoms with E-state index in [1.807, 2.05) is 24.3 Å². The molecule has 14 heavy (non-hydrogen) atoms. The van der Waals surface area contributed by atoms with E-state index >= 15 is 0 Å². The fourth-order valence-electron chi connectivity index (χ4n) is 1.52. The van der Waals surface area contributed by atoms with Crippen LogP contribution in [-0.2, 0) is 16.0 Å². The van der Waals surface area contributed by atoms with Gasteiger partial charge in [0.05, 0.1) is 0 Å². The fraction of sp³-hybridized carbons (Fsp3) is 0.250. The maximum absolute atomic E-state index is 10.8. The Balaban J connectivity index is 1.84. The van der Waals surface area contributed by atoms with E-state index in [0.717, 1.165) is 12.8 Å². The third-order valence-corrected chi connectivity index (χ3v) is 2.27. The van der Waals surface area contributed by atoms with Crippen molar-refractivity contribution in [2.24, 2.45) is 0 Å². The number of carbonyl (C=O) groups excluding carboxylic acids is 1. The molecule has 0 bridgehead atoms. The van der Waals surface area contributed by atoms with E-state index in [0.29, 0.717) is 0 Å². The lowest BCUT2D eigenvalue weighted by atomic mass is 10.1. The van der Waals surface area contributed by atoms with E-state index in [4.69, 9.17) is 4.74 Å². The van der Waals surface area contributed by atoms with Crippen LogP contribution in [0.4, 0.5) is 0 Å². The molecule has 72 valence electrons. The van der Waals surface area contributed by atoms with Gasteiger partial charge >= 0.3 is 5.97 Å². The summed E-state index contributed by atoms with van der Waals surface area (Å²) in [6.07, 6.45) is 5.11. The number of ether oxygens (including phenoxy) is 1. The summed E-state index contributed by atoms with van der Waals surface area (Å²) in [5.41, 5.74) is 1.28. The molecular weight excluding hydrogens is 176 g/mol. The van der Waals surface area contributed by atoms with Gasteiger partial charge in [0.15, 0.2) is 0 Å². The van der Waals surface area contributed by atoms with Gasteiger partial charge in [0, 0.05) is 6.08 Å². The van der Waals surface area contributed by atoms with Gasteiger partial charge in [0.25, 0.3) is 0 Å². The van der Waals surface area contributed by atoms with Gasteiger partial charge in [-0.1, -0.05) is 30.3 Å². The molecule has 2 nitrogen and oxygen atoms in total. The van der Waals surface area contributed by atoms with Crippen LogP contribution >= 0.6 is 0 Å². The topological polar surface area (TPSA) is 26.3 Å². The standard InChI is InChI=1S/C12H12O2/c13-12-9-8-11(14-12)7-6-10-4-2-1-3-5-10/h1-5,8-9,11H,6-7H2. The van der Waals surface area contributed by atoms with Gasteiger partial charge in [-0.25, -0.2) is 4.79 Å². The van der Waals surface area contributed by atoms with Crippen molar-refractivity contribution in [2.75, 3.05) is 0 Å². The molecule has 0 aromatic heterocycles. The van der Waals surface area contributed by atoms with Gasteiger partial charge in [-0.15, -0.1) is 0 Å². The normalized spacial score (nSPS) is 19.7. The number of cyclic esters (lactones) is 1. The first-order valence-corrected chi connectivity index (χ1v) is 4.77. The molecule has 2 rings (SSSR count). The number of aryl methyl sites for hydroxylation is 1. The van der Waals surface area contributed by atoms with Crippen LogP contribution < -0.4 is 0 Å². The predicted octanol–water partition coefficient (Wildman–Crippen LogP) is 2.10. The smallest absolute Gasteiger partial charge is 0.331 e. The average molecular weight is 188 g/mol. The number of esters is 1. The summed E-state index contributed by atoms with van der Waals surface area (Å²) in [7, 11) is 0. The van der Waals surface area contributed by atoms with E-state index < -0.39 is 0 Å². The first kappa shape index (κ1) is 9.00. The summed E-state index contributed by atoms with van der Waals surface area (Å²) in [5, 5.41) is 0. The van der Waals surface area contributed by atoms with Crippen LogP contribution in [0.1, 0.15) is 12.0 Å². The van der Waals surface area contributed by atoms with Crippen molar-refractivity contribution in [3.8, 4) is 0 Å². The Hall–Kier alpha value is -1.57. The summed E-state index contributed by atoms with van der Waals surface area (Å²) >= 11 is 0. The molecule has 2 heteroatoms. The molecular formula is C12H12O2. The van der Waals surface area contributed by atoms with Crippen molar-refractivity contribution in [1.29, 1.82) is 0 Å². The molecule has 0 saturated heterocycles. The predicted molar refractivity (Wildman–Crippen MR) is 53.8 cm³/mol. The highest BCUT2D eigenvalue weighted by atomic mass is 16.5. The Morgan fingerprint density at radius 2 is 2.00 bits per heavy atom. The van der Waals surface area contributed by atoms with Crippen molar-refractivity contribution < 1.29 is 9.53 Å². The molecule has 0 saturated carbocycles. The minimum Gasteiger partial charge on any atom is -0.455 e. The van der Waals surface area contributed by atoms with Gasteiger partial charge in [0.1, 0.15) is 6.10 Å². The van der Waals surface area contributed by atoms with E-state index in [-0.39, 0.29) is 12.1 Å².